The van der Waals surface area contributed by atoms with Crippen LogP contribution in [-0.4, -0.2) is 20.9 Å². The normalized spacial score (nSPS) is 14.4. The minimum absolute atomic E-state index is 0.442. The Morgan fingerprint density at radius 1 is 1.45 bits per heavy atom. The first-order valence-electron chi connectivity index (χ1n) is 7.46. The van der Waals surface area contributed by atoms with Gasteiger partial charge >= 0.3 is 0 Å². The van der Waals surface area contributed by atoms with Gasteiger partial charge in [-0.1, -0.05) is 25.4 Å². The van der Waals surface area contributed by atoms with Gasteiger partial charge in [-0.15, -0.1) is 0 Å². The van der Waals surface area contributed by atoms with Crippen molar-refractivity contribution in [3.63, 3.8) is 0 Å². The molecule has 0 amide bonds. The summed E-state index contributed by atoms with van der Waals surface area (Å²) in [6.45, 7) is 5.41. The lowest BCUT2D eigenvalue weighted by atomic mass is 10.2. The second-order valence-electron chi connectivity index (χ2n) is 5.92. The molecule has 7 heteroatoms. The maximum absolute atomic E-state index is 6.21. The minimum Gasteiger partial charge on any atom is -0.476 e. The molecule has 0 saturated heterocycles. The summed E-state index contributed by atoms with van der Waals surface area (Å²) < 4.78 is 9.94. The molecule has 5 nitrogen and oxygen atoms in total. The maximum atomic E-state index is 6.21. The van der Waals surface area contributed by atoms with E-state index < -0.39 is 0 Å². The van der Waals surface area contributed by atoms with Crippen LogP contribution in [0.4, 0.5) is 5.13 Å². The van der Waals surface area contributed by atoms with Gasteiger partial charge in [0.25, 0.3) is 0 Å². The maximum Gasteiger partial charge on any atom is 0.232 e. The standard InChI is InChI=1S/C15H19ClN4OS/c1-9(2)8-21-14-12(16)5-10(6-17-14)7-18-15-19-13(20-22-15)11-3-4-11/h5-6,9,11H,3-4,7-8H2,1-2H3,(H,18,19,20). The molecule has 0 radical (unpaired) electrons. The van der Waals surface area contributed by atoms with Crippen molar-refractivity contribution < 1.29 is 4.74 Å². The average Bonchev–Trinajstić information content (AvgIpc) is 3.23. The first-order chi connectivity index (χ1) is 10.6. The lowest BCUT2D eigenvalue weighted by Gasteiger charge is -2.10. The molecule has 1 aliphatic carbocycles. The Morgan fingerprint density at radius 3 is 2.95 bits per heavy atom. The molecule has 0 unspecified atom stereocenters. The number of pyridine rings is 1. The van der Waals surface area contributed by atoms with Crippen molar-refractivity contribution in [2.75, 3.05) is 11.9 Å². The Kier molecular flexibility index (Phi) is 4.78. The minimum atomic E-state index is 0.442. The van der Waals surface area contributed by atoms with Crippen LogP contribution in [0.3, 0.4) is 0 Å². The predicted molar refractivity (Wildman–Crippen MR) is 88.8 cm³/mol. The lowest BCUT2D eigenvalue weighted by Crippen LogP contribution is -2.07. The SMILES string of the molecule is CC(C)COc1ncc(CNc2nc(C3CC3)ns2)cc1Cl. The number of nitrogens with zero attached hydrogens (tertiary/aromatic N) is 3. The second-order valence-corrected chi connectivity index (χ2v) is 7.08. The van der Waals surface area contributed by atoms with Crippen LogP contribution in [0, 0.1) is 5.92 Å². The molecule has 1 N–H and O–H groups in total. The van der Waals surface area contributed by atoms with Crippen LogP contribution in [0.25, 0.3) is 0 Å². The van der Waals surface area contributed by atoms with E-state index in [0.29, 0.717) is 35.9 Å². The highest BCUT2D eigenvalue weighted by Crippen LogP contribution is 2.39. The van der Waals surface area contributed by atoms with E-state index in [1.54, 1.807) is 6.20 Å². The average molecular weight is 339 g/mol. The van der Waals surface area contributed by atoms with Gasteiger partial charge in [-0.2, -0.15) is 4.37 Å². The van der Waals surface area contributed by atoms with E-state index in [-0.39, 0.29) is 0 Å². The Labute approximate surface area is 139 Å². The third-order valence-corrected chi connectivity index (χ3v) is 4.20. The molecule has 118 valence electrons. The summed E-state index contributed by atoms with van der Waals surface area (Å²) in [5.41, 5.74) is 0.991. The number of ether oxygens (including phenoxy) is 1. The number of nitrogens with one attached hydrogen (secondary N) is 1. The van der Waals surface area contributed by atoms with E-state index in [1.807, 2.05) is 6.07 Å². The van der Waals surface area contributed by atoms with Crippen molar-refractivity contribution in [3.05, 3.63) is 28.7 Å². The fraction of sp³-hybridized carbons (Fsp3) is 0.533. The molecule has 2 heterocycles. The van der Waals surface area contributed by atoms with Crippen molar-refractivity contribution in [1.29, 1.82) is 0 Å². The molecule has 1 fully saturated rings. The summed E-state index contributed by atoms with van der Waals surface area (Å²) >= 11 is 7.61. The molecule has 1 saturated carbocycles. The molecule has 0 spiro atoms. The zero-order valence-electron chi connectivity index (χ0n) is 12.7. The van der Waals surface area contributed by atoms with Gasteiger partial charge in [0.1, 0.15) is 10.8 Å². The molecular weight excluding hydrogens is 320 g/mol. The number of halogens is 1. The Morgan fingerprint density at radius 2 is 2.27 bits per heavy atom. The summed E-state index contributed by atoms with van der Waals surface area (Å²) in [7, 11) is 0. The van der Waals surface area contributed by atoms with E-state index in [4.69, 9.17) is 16.3 Å². The molecule has 0 aromatic carbocycles. The summed E-state index contributed by atoms with van der Waals surface area (Å²) in [4.78, 5) is 8.77. The number of rotatable bonds is 7. The van der Waals surface area contributed by atoms with E-state index in [0.717, 1.165) is 16.5 Å². The Balaban J connectivity index is 1.56. The number of hydrogen-bond donors (Lipinski definition) is 1. The van der Waals surface area contributed by atoms with Crippen LogP contribution in [0.15, 0.2) is 12.3 Å². The summed E-state index contributed by atoms with van der Waals surface area (Å²) in [5.74, 6) is 2.49. The summed E-state index contributed by atoms with van der Waals surface area (Å²) in [6, 6.07) is 1.88. The zero-order chi connectivity index (χ0) is 15.5. The van der Waals surface area contributed by atoms with E-state index in [1.165, 1.54) is 24.4 Å². The fourth-order valence-electron chi connectivity index (χ4n) is 1.91. The van der Waals surface area contributed by atoms with Crippen LogP contribution in [0.1, 0.15) is 44.0 Å². The van der Waals surface area contributed by atoms with E-state index in [9.17, 15) is 0 Å². The zero-order valence-corrected chi connectivity index (χ0v) is 14.2. The van der Waals surface area contributed by atoms with Crippen molar-refractivity contribution in [3.8, 4) is 5.88 Å². The largest absolute Gasteiger partial charge is 0.476 e. The van der Waals surface area contributed by atoms with Crippen molar-refractivity contribution in [1.82, 2.24) is 14.3 Å². The van der Waals surface area contributed by atoms with Crippen LogP contribution in [0.2, 0.25) is 5.02 Å². The molecule has 1 aliphatic rings. The van der Waals surface area contributed by atoms with Gasteiger partial charge in [0.15, 0.2) is 0 Å². The molecule has 22 heavy (non-hydrogen) atoms. The molecule has 0 bridgehead atoms. The number of anilines is 1. The smallest absolute Gasteiger partial charge is 0.232 e. The van der Waals surface area contributed by atoms with Crippen molar-refractivity contribution >= 4 is 28.3 Å². The van der Waals surface area contributed by atoms with E-state index >= 15 is 0 Å². The quantitative estimate of drug-likeness (QED) is 0.823. The van der Waals surface area contributed by atoms with Crippen LogP contribution >= 0.6 is 23.1 Å². The number of aromatic nitrogens is 3. The van der Waals surface area contributed by atoms with Gasteiger partial charge in [-0.05, 0) is 30.4 Å². The van der Waals surface area contributed by atoms with Gasteiger partial charge in [-0.25, -0.2) is 9.97 Å². The van der Waals surface area contributed by atoms with Gasteiger partial charge in [-0.3, -0.25) is 0 Å². The summed E-state index contributed by atoms with van der Waals surface area (Å²) in [6.07, 6.45) is 4.21. The second kappa shape index (κ2) is 6.79. The molecular formula is C15H19ClN4OS. The summed E-state index contributed by atoms with van der Waals surface area (Å²) in [5, 5.41) is 4.65. The predicted octanol–water partition coefficient (Wildman–Crippen LogP) is 4.11. The van der Waals surface area contributed by atoms with Gasteiger partial charge in [0.05, 0.1) is 6.61 Å². The van der Waals surface area contributed by atoms with Crippen LogP contribution in [-0.2, 0) is 6.54 Å². The van der Waals surface area contributed by atoms with Crippen molar-refractivity contribution in [2.45, 2.75) is 39.2 Å². The first kappa shape index (κ1) is 15.5. The molecule has 0 atom stereocenters. The third-order valence-electron chi connectivity index (χ3n) is 3.25. The Hall–Kier alpha value is -1.40. The van der Waals surface area contributed by atoms with Gasteiger partial charge in [0, 0.05) is 30.2 Å². The monoisotopic (exact) mass is 338 g/mol. The molecule has 2 aromatic heterocycles. The molecule has 0 aliphatic heterocycles. The van der Waals surface area contributed by atoms with E-state index in [2.05, 4.69) is 33.5 Å². The third kappa shape index (κ3) is 4.08. The number of hydrogen-bond acceptors (Lipinski definition) is 6. The first-order valence-corrected chi connectivity index (χ1v) is 8.61. The molecule has 3 rings (SSSR count). The molecule has 2 aromatic rings. The van der Waals surface area contributed by atoms with Crippen molar-refractivity contribution in [2.24, 2.45) is 5.92 Å². The Bertz CT molecular complexity index is 642. The highest BCUT2D eigenvalue weighted by atomic mass is 35.5. The fourth-order valence-corrected chi connectivity index (χ4v) is 2.79. The van der Waals surface area contributed by atoms with Gasteiger partial charge < -0.3 is 10.1 Å². The van der Waals surface area contributed by atoms with Crippen LogP contribution in [0.5, 0.6) is 5.88 Å². The van der Waals surface area contributed by atoms with Crippen LogP contribution < -0.4 is 10.1 Å². The van der Waals surface area contributed by atoms with Gasteiger partial charge in [0.2, 0.25) is 11.0 Å². The lowest BCUT2D eigenvalue weighted by molar-refractivity contribution is 0.261. The highest BCUT2D eigenvalue weighted by Gasteiger charge is 2.27. The topological polar surface area (TPSA) is 59.9 Å². The highest BCUT2D eigenvalue weighted by molar-refractivity contribution is 7.09.